The van der Waals surface area contributed by atoms with Gasteiger partial charge in [-0.1, -0.05) is 13.3 Å². The summed E-state index contributed by atoms with van der Waals surface area (Å²) in [6.07, 6.45) is 4.70. The summed E-state index contributed by atoms with van der Waals surface area (Å²) in [5.41, 5.74) is 0.878. The molecule has 0 atom stereocenters. The fourth-order valence-corrected chi connectivity index (χ4v) is 3.05. The van der Waals surface area contributed by atoms with E-state index in [1.807, 2.05) is 26.0 Å². The lowest BCUT2D eigenvalue weighted by atomic mass is 10.2. The van der Waals surface area contributed by atoms with Crippen molar-refractivity contribution in [3.63, 3.8) is 0 Å². The van der Waals surface area contributed by atoms with Crippen molar-refractivity contribution in [2.24, 2.45) is 5.10 Å². The van der Waals surface area contributed by atoms with Gasteiger partial charge < -0.3 is 9.47 Å². The summed E-state index contributed by atoms with van der Waals surface area (Å²) in [6.45, 7) is 7.14. The highest BCUT2D eigenvalue weighted by molar-refractivity contribution is 9.10. The molecular formula is C17H23BrN4O2S. The normalized spacial score (nSPS) is 11.2. The Balaban J connectivity index is 2.32. The van der Waals surface area contributed by atoms with E-state index in [4.69, 9.17) is 21.7 Å². The number of hydrogen-bond acceptors (Lipinski definition) is 5. The maximum Gasteiger partial charge on any atom is 0.216 e. The summed E-state index contributed by atoms with van der Waals surface area (Å²) in [7, 11) is 0. The van der Waals surface area contributed by atoms with E-state index in [9.17, 15) is 0 Å². The van der Waals surface area contributed by atoms with E-state index in [0.29, 0.717) is 29.5 Å². The molecule has 0 unspecified atom stereocenters. The standard InChI is InChI=1S/C17H23BrN4O2S/c1-4-7-8-15-20-21-17(25)22(15)19-11-12-9-13(18)16(24-6-3)14(10-12)23-5-2/h9-11H,4-8H2,1-3H3,(H,21,25)/b19-11-. The van der Waals surface area contributed by atoms with Crippen LogP contribution in [0.4, 0.5) is 0 Å². The first-order valence-corrected chi connectivity index (χ1v) is 9.60. The first kappa shape index (κ1) is 19.7. The summed E-state index contributed by atoms with van der Waals surface area (Å²) in [6, 6.07) is 3.84. The smallest absolute Gasteiger partial charge is 0.216 e. The van der Waals surface area contributed by atoms with Gasteiger partial charge in [0.25, 0.3) is 0 Å². The molecule has 1 aromatic heterocycles. The number of nitrogens with zero attached hydrogens (tertiary/aromatic N) is 3. The Bertz CT molecular complexity index is 785. The quantitative estimate of drug-likeness (QED) is 0.465. The van der Waals surface area contributed by atoms with Crippen molar-refractivity contribution >= 4 is 34.4 Å². The topological polar surface area (TPSA) is 64.4 Å². The predicted octanol–water partition coefficient (Wildman–Crippen LogP) is 4.73. The van der Waals surface area contributed by atoms with Crippen molar-refractivity contribution in [1.82, 2.24) is 14.9 Å². The maximum atomic E-state index is 5.69. The molecule has 1 N–H and O–H groups in total. The van der Waals surface area contributed by atoms with Crippen LogP contribution in [0, 0.1) is 4.77 Å². The lowest BCUT2D eigenvalue weighted by molar-refractivity contribution is 0.286. The van der Waals surface area contributed by atoms with Crippen molar-refractivity contribution in [3.05, 3.63) is 32.8 Å². The molecule has 0 spiro atoms. The first-order valence-electron chi connectivity index (χ1n) is 8.40. The SMILES string of the molecule is CCCCc1n[nH]c(=S)n1/N=C\c1cc(Br)c(OCC)c(OCC)c1. The van der Waals surface area contributed by atoms with Crippen LogP contribution in [-0.2, 0) is 6.42 Å². The Morgan fingerprint density at radius 2 is 2.04 bits per heavy atom. The molecule has 136 valence electrons. The number of halogens is 1. The van der Waals surface area contributed by atoms with Crippen LogP contribution in [0.2, 0.25) is 0 Å². The van der Waals surface area contributed by atoms with Crippen molar-refractivity contribution in [2.75, 3.05) is 13.2 Å². The molecule has 0 aliphatic rings. The molecule has 0 radical (unpaired) electrons. The minimum absolute atomic E-state index is 0.484. The van der Waals surface area contributed by atoms with E-state index >= 15 is 0 Å². The zero-order chi connectivity index (χ0) is 18.2. The molecule has 8 heteroatoms. The van der Waals surface area contributed by atoms with Crippen LogP contribution in [0.3, 0.4) is 0 Å². The van der Waals surface area contributed by atoms with Gasteiger partial charge in [-0.2, -0.15) is 14.9 Å². The zero-order valence-corrected chi connectivity index (χ0v) is 17.1. The number of benzene rings is 1. The fourth-order valence-electron chi connectivity index (χ4n) is 2.27. The Labute approximate surface area is 161 Å². The van der Waals surface area contributed by atoms with Crippen LogP contribution in [0.25, 0.3) is 0 Å². The number of nitrogens with one attached hydrogen (secondary N) is 1. The first-order chi connectivity index (χ1) is 12.1. The van der Waals surface area contributed by atoms with Crippen LogP contribution >= 0.6 is 28.1 Å². The minimum Gasteiger partial charge on any atom is -0.490 e. The average molecular weight is 427 g/mol. The largest absolute Gasteiger partial charge is 0.490 e. The van der Waals surface area contributed by atoms with Crippen molar-refractivity contribution in [3.8, 4) is 11.5 Å². The second kappa shape index (κ2) is 9.72. The Morgan fingerprint density at radius 1 is 1.28 bits per heavy atom. The van der Waals surface area contributed by atoms with Crippen molar-refractivity contribution < 1.29 is 9.47 Å². The van der Waals surface area contributed by atoms with Crippen LogP contribution in [-0.4, -0.2) is 34.3 Å². The number of aromatic amines is 1. The Kier molecular flexibility index (Phi) is 7.64. The molecule has 6 nitrogen and oxygen atoms in total. The molecule has 0 aliphatic heterocycles. The maximum absolute atomic E-state index is 5.69. The second-order valence-electron chi connectivity index (χ2n) is 5.30. The number of aryl methyl sites for hydroxylation is 1. The van der Waals surface area contributed by atoms with Gasteiger partial charge in [0, 0.05) is 6.42 Å². The fraction of sp³-hybridized carbons (Fsp3) is 0.471. The van der Waals surface area contributed by atoms with Gasteiger partial charge in [0.2, 0.25) is 4.77 Å². The summed E-state index contributed by atoms with van der Waals surface area (Å²) in [4.78, 5) is 0. The van der Waals surface area contributed by atoms with E-state index in [-0.39, 0.29) is 0 Å². The third kappa shape index (κ3) is 5.15. The molecule has 0 bridgehead atoms. The van der Waals surface area contributed by atoms with E-state index in [0.717, 1.165) is 35.1 Å². The third-order valence-electron chi connectivity index (χ3n) is 3.41. The number of rotatable bonds is 9. The van der Waals surface area contributed by atoms with E-state index in [1.165, 1.54) is 0 Å². The zero-order valence-electron chi connectivity index (χ0n) is 14.7. The summed E-state index contributed by atoms with van der Waals surface area (Å²) < 4.78 is 14.3. The van der Waals surface area contributed by atoms with Crippen LogP contribution in [0.15, 0.2) is 21.7 Å². The van der Waals surface area contributed by atoms with Crippen LogP contribution < -0.4 is 9.47 Å². The molecular weight excluding hydrogens is 404 g/mol. The summed E-state index contributed by atoms with van der Waals surface area (Å²) >= 11 is 8.80. The highest BCUT2D eigenvalue weighted by Crippen LogP contribution is 2.36. The summed E-state index contributed by atoms with van der Waals surface area (Å²) in [5, 5.41) is 11.5. The van der Waals surface area contributed by atoms with Gasteiger partial charge in [-0.15, -0.1) is 0 Å². The molecule has 1 aromatic carbocycles. The van der Waals surface area contributed by atoms with Gasteiger partial charge in [0.05, 0.1) is 23.9 Å². The number of H-pyrrole nitrogens is 1. The van der Waals surface area contributed by atoms with Gasteiger partial charge in [-0.3, -0.25) is 5.10 Å². The summed E-state index contributed by atoms with van der Waals surface area (Å²) in [5.74, 6) is 2.21. The number of hydrogen-bond donors (Lipinski definition) is 1. The molecule has 0 amide bonds. The van der Waals surface area contributed by atoms with E-state index in [1.54, 1.807) is 10.9 Å². The molecule has 2 aromatic rings. The molecule has 0 saturated heterocycles. The van der Waals surface area contributed by atoms with Gasteiger partial charge in [-0.25, -0.2) is 0 Å². The van der Waals surface area contributed by atoms with Crippen LogP contribution in [0.5, 0.6) is 11.5 Å². The molecule has 2 rings (SSSR count). The number of unbranched alkanes of at least 4 members (excludes halogenated alkanes) is 1. The Hall–Kier alpha value is -1.67. The molecule has 0 aliphatic carbocycles. The van der Waals surface area contributed by atoms with Crippen molar-refractivity contribution in [2.45, 2.75) is 40.0 Å². The van der Waals surface area contributed by atoms with Gasteiger partial charge in [0.1, 0.15) is 0 Å². The Morgan fingerprint density at radius 3 is 2.72 bits per heavy atom. The molecule has 25 heavy (non-hydrogen) atoms. The van der Waals surface area contributed by atoms with Crippen LogP contribution in [0.1, 0.15) is 45.0 Å². The minimum atomic E-state index is 0.484. The van der Waals surface area contributed by atoms with Gasteiger partial charge >= 0.3 is 0 Å². The van der Waals surface area contributed by atoms with Gasteiger partial charge in [0.15, 0.2) is 17.3 Å². The average Bonchev–Trinajstić information content (AvgIpc) is 2.94. The highest BCUT2D eigenvalue weighted by Gasteiger charge is 2.11. The highest BCUT2D eigenvalue weighted by atomic mass is 79.9. The lowest BCUT2D eigenvalue weighted by Crippen LogP contribution is -2.01. The van der Waals surface area contributed by atoms with E-state index < -0.39 is 0 Å². The lowest BCUT2D eigenvalue weighted by Gasteiger charge is -2.13. The second-order valence-corrected chi connectivity index (χ2v) is 6.54. The number of ether oxygens (including phenoxy) is 2. The molecule has 0 fully saturated rings. The number of aromatic nitrogens is 3. The predicted molar refractivity (Wildman–Crippen MR) is 105 cm³/mol. The monoisotopic (exact) mass is 426 g/mol. The van der Waals surface area contributed by atoms with E-state index in [2.05, 4.69) is 38.2 Å². The van der Waals surface area contributed by atoms with Gasteiger partial charge in [-0.05, 0) is 66.1 Å². The third-order valence-corrected chi connectivity index (χ3v) is 4.27. The van der Waals surface area contributed by atoms with Crippen molar-refractivity contribution in [1.29, 1.82) is 0 Å². The molecule has 0 saturated carbocycles. The molecule has 1 heterocycles.